The monoisotopic (exact) mass is 307 g/mol. The van der Waals surface area contributed by atoms with Gasteiger partial charge in [-0.3, -0.25) is 9.69 Å². The summed E-state index contributed by atoms with van der Waals surface area (Å²) in [6.07, 6.45) is 2.90. The zero-order valence-electron chi connectivity index (χ0n) is 14.2. The third kappa shape index (κ3) is 5.68. The number of methoxy groups -OCH3 is 1. The Hall–Kier alpha value is -1.55. The van der Waals surface area contributed by atoms with Crippen LogP contribution in [0, 0.1) is 0 Å². The Balaban J connectivity index is 2.68. The molecule has 0 saturated carbocycles. The van der Waals surface area contributed by atoms with E-state index in [0.717, 1.165) is 25.1 Å². The molecule has 0 aromatic heterocycles. The Morgan fingerprint density at radius 3 is 2.36 bits per heavy atom. The molecule has 1 aromatic carbocycles. The summed E-state index contributed by atoms with van der Waals surface area (Å²) < 4.78 is 5.19. The molecule has 4 nitrogen and oxygen atoms in total. The van der Waals surface area contributed by atoms with Crippen molar-refractivity contribution in [2.45, 2.75) is 58.5 Å². The number of hydrogen-bond acceptors (Lipinski definition) is 3. The van der Waals surface area contributed by atoms with E-state index in [1.54, 1.807) is 7.11 Å². The van der Waals surface area contributed by atoms with E-state index in [0.29, 0.717) is 18.5 Å². The minimum atomic E-state index is -0.711. The highest BCUT2D eigenvalue weighted by Crippen LogP contribution is 2.19. The van der Waals surface area contributed by atoms with E-state index in [2.05, 4.69) is 37.8 Å². The lowest BCUT2D eigenvalue weighted by molar-refractivity contribution is -0.137. The van der Waals surface area contributed by atoms with Crippen LogP contribution in [-0.4, -0.2) is 41.7 Å². The SMILES string of the molecule is CC[C@@H](CCC(=O)O)N(CC)C(C)Cc1ccc(OC)cc1. The van der Waals surface area contributed by atoms with Crippen LogP contribution in [-0.2, 0) is 11.2 Å². The van der Waals surface area contributed by atoms with Crippen LogP contribution in [0.3, 0.4) is 0 Å². The van der Waals surface area contributed by atoms with Crippen molar-refractivity contribution >= 4 is 5.97 Å². The molecule has 22 heavy (non-hydrogen) atoms. The van der Waals surface area contributed by atoms with Gasteiger partial charge in [0.2, 0.25) is 0 Å². The molecule has 2 atom stereocenters. The van der Waals surface area contributed by atoms with E-state index in [1.165, 1.54) is 5.56 Å². The molecule has 1 rings (SSSR count). The lowest BCUT2D eigenvalue weighted by Crippen LogP contribution is -2.42. The van der Waals surface area contributed by atoms with Crippen molar-refractivity contribution < 1.29 is 14.6 Å². The van der Waals surface area contributed by atoms with Gasteiger partial charge < -0.3 is 9.84 Å². The standard InChI is InChI=1S/C18H29NO3/c1-5-16(9-12-18(20)21)19(6-2)14(3)13-15-7-10-17(22-4)11-8-15/h7-8,10-11,14,16H,5-6,9,12-13H2,1-4H3,(H,20,21)/t14?,16-/m0/s1. The second kappa shape index (κ2) is 9.46. The number of ether oxygens (including phenoxy) is 1. The number of likely N-dealkylation sites (N-methyl/N-ethyl adjacent to an activating group) is 1. The molecule has 1 aromatic rings. The lowest BCUT2D eigenvalue weighted by Gasteiger charge is -2.35. The van der Waals surface area contributed by atoms with Gasteiger partial charge in [-0.05, 0) is 50.4 Å². The average molecular weight is 307 g/mol. The number of rotatable bonds is 10. The van der Waals surface area contributed by atoms with Crippen LogP contribution in [0.15, 0.2) is 24.3 Å². The summed E-state index contributed by atoms with van der Waals surface area (Å²) in [5.41, 5.74) is 1.28. The van der Waals surface area contributed by atoms with Gasteiger partial charge in [-0.25, -0.2) is 0 Å². The Kier molecular flexibility index (Phi) is 7.96. The van der Waals surface area contributed by atoms with Gasteiger partial charge in [0, 0.05) is 18.5 Å². The zero-order chi connectivity index (χ0) is 16.5. The number of hydrogen-bond donors (Lipinski definition) is 1. The van der Waals surface area contributed by atoms with E-state index in [-0.39, 0.29) is 6.42 Å². The first kappa shape index (κ1) is 18.5. The second-order valence-electron chi connectivity index (χ2n) is 5.73. The fourth-order valence-corrected chi connectivity index (χ4v) is 3.04. The van der Waals surface area contributed by atoms with Gasteiger partial charge in [-0.2, -0.15) is 0 Å². The molecule has 0 radical (unpaired) electrons. The van der Waals surface area contributed by atoms with Crippen molar-refractivity contribution in [3.8, 4) is 5.75 Å². The van der Waals surface area contributed by atoms with Crippen molar-refractivity contribution in [2.75, 3.05) is 13.7 Å². The van der Waals surface area contributed by atoms with Crippen LogP contribution < -0.4 is 4.74 Å². The van der Waals surface area contributed by atoms with Gasteiger partial charge in [-0.1, -0.05) is 26.0 Å². The fourth-order valence-electron chi connectivity index (χ4n) is 3.04. The summed E-state index contributed by atoms with van der Waals surface area (Å²) in [5.74, 6) is 0.161. The molecule has 4 heteroatoms. The molecule has 1 unspecified atom stereocenters. The predicted molar refractivity (Wildman–Crippen MR) is 89.5 cm³/mol. The summed E-state index contributed by atoms with van der Waals surface area (Å²) in [4.78, 5) is 13.2. The molecule has 0 saturated heterocycles. The highest BCUT2D eigenvalue weighted by atomic mass is 16.5. The molecular formula is C18H29NO3. The Morgan fingerprint density at radius 2 is 1.91 bits per heavy atom. The van der Waals surface area contributed by atoms with Crippen LogP contribution in [0.1, 0.15) is 45.6 Å². The maximum Gasteiger partial charge on any atom is 0.303 e. The minimum Gasteiger partial charge on any atom is -0.497 e. The van der Waals surface area contributed by atoms with Crippen molar-refractivity contribution in [1.82, 2.24) is 4.90 Å². The lowest BCUT2D eigenvalue weighted by atomic mass is 10.0. The number of aliphatic carboxylic acids is 1. The summed E-state index contributed by atoms with van der Waals surface area (Å²) >= 11 is 0. The Bertz CT molecular complexity index is 444. The van der Waals surface area contributed by atoms with E-state index >= 15 is 0 Å². The number of carboxylic acids is 1. The maximum absolute atomic E-state index is 10.8. The van der Waals surface area contributed by atoms with E-state index in [1.807, 2.05) is 12.1 Å². The van der Waals surface area contributed by atoms with E-state index < -0.39 is 5.97 Å². The fraction of sp³-hybridized carbons (Fsp3) is 0.611. The van der Waals surface area contributed by atoms with E-state index in [4.69, 9.17) is 9.84 Å². The average Bonchev–Trinajstić information content (AvgIpc) is 2.51. The Labute approximate surface area is 134 Å². The van der Waals surface area contributed by atoms with Crippen LogP contribution in [0.5, 0.6) is 5.75 Å². The van der Waals surface area contributed by atoms with Crippen LogP contribution in [0.2, 0.25) is 0 Å². The molecule has 0 heterocycles. The van der Waals surface area contributed by atoms with Gasteiger partial charge in [0.05, 0.1) is 7.11 Å². The van der Waals surface area contributed by atoms with Crippen molar-refractivity contribution in [3.05, 3.63) is 29.8 Å². The minimum absolute atomic E-state index is 0.240. The largest absolute Gasteiger partial charge is 0.497 e. The summed E-state index contributed by atoms with van der Waals surface area (Å²) in [7, 11) is 1.67. The van der Waals surface area contributed by atoms with Gasteiger partial charge >= 0.3 is 5.97 Å². The number of carboxylic acid groups (broad SMARTS) is 1. The topological polar surface area (TPSA) is 49.8 Å². The van der Waals surface area contributed by atoms with Crippen LogP contribution in [0.25, 0.3) is 0 Å². The molecule has 124 valence electrons. The van der Waals surface area contributed by atoms with Gasteiger partial charge in [-0.15, -0.1) is 0 Å². The molecule has 1 N–H and O–H groups in total. The Morgan fingerprint density at radius 1 is 1.27 bits per heavy atom. The van der Waals surface area contributed by atoms with Crippen molar-refractivity contribution in [2.24, 2.45) is 0 Å². The van der Waals surface area contributed by atoms with Gasteiger partial charge in [0.15, 0.2) is 0 Å². The highest BCUT2D eigenvalue weighted by Gasteiger charge is 2.21. The maximum atomic E-state index is 10.8. The molecule has 0 fully saturated rings. The third-order valence-corrected chi connectivity index (χ3v) is 4.25. The number of benzene rings is 1. The highest BCUT2D eigenvalue weighted by molar-refractivity contribution is 5.66. The first-order valence-corrected chi connectivity index (χ1v) is 8.12. The quantitative estimate of drug-likeness (QED) is 0.717. The molecule has 0 amide bonds. The smallest absolute Gasteiger partial charge is 0.303 e. The van der Waals surface area contributed by atoms with Gasteiger partial charge in [0.1, 0.15) is 5.75 Å². The first-order valence-electron chi connectivity index (χ1n) is 8.12. The molecule has 0 aliphatic carbocycles. The van der Waals surface area contributed by atoms with Crippen molar-refractivity contribution in [3.63, 3.8) is 0 Å². The molecule has 0 bridgehead atoms. The second-order valence-corrected chi connectivity index (χ2v) is 5.73. The predicted octanol–water partition coefficient (Wildman–Crippen LogP) is 3.59. The molecule has 0 aliphatic rings. The normalized spacial score (nSPS) is 13.9. The molecule has 0 aliphatic heterocycles. The summed E-state index contributed by atoms with van der Waals surface area (Å²) in [6, 6.07) is 8.88. The first-order chi connectivity index (χ1) is 10.5. The molecular weight excluding hydrogens is 278 g/mol. The van der Waals surface area contributed by atoms with Crippen LogP contribution >= 0.6 is 0 Å². The summed E-state index contributed by atoms with van der Waals surface area (Å²) in [6.45, 7) is 7.44. The summed E-state index contributed by atoms with van der Waals surface area (Å²) in [5, 5.41) is 8.91. The number of nitrogens with zero attached hydrogens (tertiary/aromatic N) is 1. The van der Waals surface area contributed by atoms with E-state index in [9.17, 15) is 4.79 Å². The molecule has 0 spiro atoms. The van der Waals surface area contributed by atoms with Crippen molar-refractivity contribution in [1.29, 1.82) is 0 Å². The zero-order valence-corrected chi connectivity index (χ0v) is 14.2. The number of carbonyl (C=O) groups is 1. The van der Waals surface area contributed by atoms with Crippen LogP contribution in [0.4, 0.5) is 0 Å². The van der Waals surface area contributed by atoms with Gasteiger partial charge in [0.25, 0.3) is 0 Å². The third-order valence-electron chi connectivity index (χ3n) is 4.25.